The van der Waals surface area contributed by atoms with Crippen LogP contribution in [0.3, 0.4) is 0 Å². The first-order valence-electron chi connectivity index (χ1n) is 5.45. The Bertz CT molecular complexity index is 398. The van der Waals surface area contributed by atoms with Crippen LogP contribution >= 0.6 is 0 Å². The van der Waals surface area contributed by atoms with Crippen LogP contribution in [0.25, 0.3) is 0 Å². The molecule has 0 amide bonds. The Hall–Kier alpha value is -1.57. The molecule has 3 heteroatoms. The average molecular weight is 284 g/mol. The van der Waals surface area contributed by atoms with Crippen LogP contribution in [-0.4, -0.2) is 5.97 Å². The van der Waals surface area contributed by atoms with Crippen molar-refractivity contribution in [3.8, 4) is 0 Å². The molecule has 0 saturated heterocycles. The summed E-state index contributed by atoms with van der Waals surface area (Å²) >= 11 is 0. The van der Waals surface area contributed by atoms with E-state index < -0.39 is 0 Å². The van der Waals surface area contributed by atoms with Crippen molar-refractivity contribution in [2.45, 2.75) is 13.0 Å². The molecule has 0 aliphatic carbocycles. The first-order chi connectivity index (χ1) is 8.24. The Balaban J connectivity index is 0.000000405. The summed E-state index contributed by atoms with van der Waals surface area (Å²) in [6.07, 6.45) is 0.977. The molecule has 0 aromatic heterocycles. The normalized spacial score (nSPS) is 10.3. The summed E-state index contributed by atoms with van der Waals surface area (Å²) in [6, 6.07) is 17.7. The number of hydrogen-bond donors (Lipinski definition) is 0. The third kappa shape index (κ3) is 6.24. The van der Waals surface area contributed by atoms with Crippen LogP contribution in [0.15, 0.2) is 67.3 Å². The van der Waals surface area contributed by atoms with E-state index in [-0.39, 0.29) is 29.1 Å². The number of ether oxygens (including phenoxy) is 1. The Morgan fingerprint density at radius 2 is 1.67 bits per heavy atom. The molecule has 0 radical (unpaired) electrons. The Morgan fingerprint density at radius 1 is 1.22 bits per heavy atom. The first kappa shape index (κ1) is 16.4. The maximum absolute atomic E-state index is 10.8. The van der Waals surface area contributed by atoms with Gasteiger partial charge < -0.3 is 35.1 Å². The second-order valence-electron chi connectivity index (χ2n) is 3.46. The van der Waals surface area contributed by atoms with Gasteiger partial charge in [0.25, 0.3) is 0 Å². The number of carbonyl (C=O) groups is 1. The molecule has 1 unspecified atom stereocenters. The molecule has 2 nitrogen and oxygen atoms in total. The third-order valence-electron chi connectivity index (χ3n) is 2.17. The molecule has 0 fully saturated rings. The van der Waals surface area contributed by atoms with E-state index in [1.807, 2.05) is 61.5 Å². The minimum Gasteiger partial charge on any atom is -0.748 e. The van der Waals surface area contributed by atoms with Crippen molar-refractivity contribution in [3.05, 3.63) is 72.8 Å². The van der Waals surface area contributed by atoms with E-state index in [9.17, 15) is 4.79 Å². The van der Waals surface area contributed by atoms with Gasteiger partial charge in [-0.1, -0.05) is 6.58 Å². The summed E-state index contributed by atoms with van der Waals surface area (Å²) < 4.78 is 4.99. The van der Waals surface area contributed by atoms with Crippen LogP contribution in [0.1, 0.15) is 18.6 Å². The maximum Gasteiger partial charge on any atom is 0.329 e. The molecule has 0 N–H and O–H groups in total. The van der Waals surface area contributed by atoms with Gasteiger partial charge in [0.05, 0.1) is 6.10 Å². The van der Waals surface area contributed by atoms with Crippen molar-refractivity contribution in [3.63, 3.8) is 0 Å². The molecule has 0 spiro atoms. The molecule has 0 aliphatic heterocycles. The van der Waals surface area contributed by atoms with Crippen LogP contribution in [0.2, 0.25) is 0 Å². The topological polar surface area (TPSA) is 26.3 Å². The van der Waals surface area contributed by atoms with E-state index in [0.717, 1.165) is 5.56 Å². The summed E-state index contributed by atoms with van der Waals surface area (Å²) in [5, 5.41) is 0. The van der Waals surface area contributed by atoms with Gasteiger partial charge in [-0.15, -0.1) is 5.56 Å². The Labute approximate surface area is 118 Å². The molecule has 1 atom stereocenters. The van der Waals surface area contributed by atoms with Crippen LogP contribution < -0.4 is 0 Å². The van der Waals surface area contributed by atoms with Crippen LogP contribution in [0.5, 0.6) is 0 Å². The Morgan fingerprint density at radius 3 is 2.06 bits per heavy atom. The quantitative estimate of drug-likeness (QED) is 0.372. The molecule has 0 aliphatic rings. The summed E-state index contributed by atoms with van der Waals surface area (Å²) in [6.45, 7) is 5.15. The van der Waals surface area contributed by atoms with Gasteiger partial charge >= 0.3 is 5.97 Å². The third-order valence-corrected chi connectivity index (χ3v) is 2.17. The van der Waals surface area contributed by atoms with Crippen molar-refractivity contribution >= 4 is 5.97 Å². The number of carbonyl (C=O) groups excluding carboxylic acids is 1. The van der Waals surface area contributed by atoms with Gasteiger partial charge in [0, 0.05) is 23.1 Å². The van der Waals surface area contributed by atoms with Gasteiger partial charge in [-0.05, 0) is 6.92 Å². The van der Waals surface area contributed by atoms with Crippen LogP contribution in [0.4, 0.5) is 0 Å². The second-order valence-corrected chi connectivity index (χ2v) is 3.46. The predicted octanol–water partition coefficient (Wildman–Crippen LogP) is 3.60. The Kier molecular flexibility index (Phi) is 8.63. The molecule has 2 rings (SSSR count). The second kappa shape index (κ2) is 9.46. The molecular weight excluding hydrogens is 268 g/mol. The molecule has 0 heterocycles. The van der Waals surface area contributed by atoms with Crippen molar-refractivity contribution in [2.75, 3.05) is 0 Å². The fourth-order valence-corrected chi connectivity index (χ4v) is 1.27. The predicted molar refractivity (Wildman–Crippen MR) is 68.8 cm³/mol. The number of hydrogen-bond acceptors (Lipinski definition) is 2. The van der Waals surface area contributed by atoms with E-state index in [4.69, 9.17) is 4.74 Å². The van der Waals surface area contributed by atoms with E-state index >= 15 is 0 Å². The fraction of sp³-hybridized carbons (Fsp3) is 0.133. The SMILES string of the molecule is C=CC(=O)OC(C)[c-]1cccc1.[Fe].[cH-]1[cH-][cH-][cH-][cH-]1. The fourth-order valence-electron chi connectivity index (χ4n) is 1.27. The molecular formula is C15H16FeO2-6. The zero-order valence-electron chi connectivity index (χ0n) is 10.2. The molecule has 0 bridgehead atoms. The van der Waals surface area contributed by atoms with Gasteiger partial charge in [-0.25, -0.2) is 16.9 Å². The summed E-state index contributed by atoms with van der Waals surface area (Å²) in [7, 11) is 0. The number of esters is 1. The van der Waals surface area contributed by atoms with Crippen LogP contribution in [0, 0.1) is 0 Å². The van der Waals surface area contributed by atoms with E-state index in [0.29, 0.717) is 0 Å². The summed E-state index contributed by atoms with van der Waals surface area (Å²) in [5.74, 6) is -0.385. The number of rotatable bonds is 3. The zero-order chi connectivity index (χ0) is 12.5. The van der Waals surface area contributed by atoms with Gasteiger partial charge in [-0.3, -0.25) is 0 Å². The summed E-state index contributed by atoms with van der Waals surface area (Å²) in [4.78, 5) is 10.8. The molecule has 2 aromatic carbocycles. The van der Waals surface area contributed by atoms with Crippen molar-refractivity contribution < 1.29 is 26.6 Å². The summed E-state index contributed by atoms with van der Waals surface area (Å²) in [5.41, 5.74) is 1.00. The standard InChI is InChI=1S/C10H11O2.C5H5.Fe/c1-3-10(11)12-8(2)9-6-4-5-7-9;1-2-4-5-3-1;/h3-8H,1H2,2H3;1-5H;/q-1;-5;. The van der Waals surface area contributed by atoms with Crippen LogP contribution in [-0.2, 0) is 26.6 Å². The van der Waals surface area contributed by atoms with Gasteiger partial charge in [0.1, 0.15) is 0 Å². The minimum atomic E-state index is -0.385. The van der Waals surface area contributed by atoms with E-state index in [2.05, 4.69) is 6.58 Å². The largest absolute Gasteiger partial charge is 0.748 e. The van der Waals surface area contributed by atoms with Crippen molar-refractivity contribution in [2.24, 2.45) is 0 Å². The van der Waals surface area contributed by atoms with E-state index in [1.54, 1.807) is 0 Å². The minimum absolute atomic E-state index is 0. The smallest absolute Gasteiger partial charge is 0.329 e. The van der Waals surface area contributed by atoms with Gasteiger partial charge in [-0.2, -0.15) is 12.1 Å². The monoisotopic (exact) mass is 284 g/mol. The van der Waals surface area contributed by atoms with Gasteiger partial charge in [0.2, 0.25) is 0 Å². The average Bonchev–Trinajstić information content (AvgIpc) is 3.04. The maximum atomic E-state index is 10.8. The molecule has 2 aromatic rings. The van der Waals surface area contributed by atoms with Crippen molar-refractivity contribution in [1.82, 2.24) is 0 Å². The van der Waals surface area contributed by atoms with Crippen molar-refractivity contribution in [1.29, 1.82) is 0 Å². The van der Waals surface area contributed by atoms with Gasteiger partial charge in [0.15, 0.2) is 0 Å². The molecule has 102 valence electrons. The zero-order valence-corrected chi connectivity index (χ0v) is 11.3. The molecule has 18 heavy (non-hydrogen) atoms. The van der Waals surface area contributed by atoms with E-state index in [1.165, 1.54) is 6.08 Å². The molecule has 0 saturated carbocycles. The first-order valence-corrected chi connectivity index (χ1v) is 5.45.